The summed E-state index contributed by atoms with van der Waals surface area (Å²) in [5.41, 5.74) is 1.02. The Kier molecular flexibility index (Phi) is 5.50. The molecule has 8 nitrogen and oxygen atoms in total. The zero-order valence-corrected chi connectivity index (χ0v) is 17.3. The topological polar surface area (TPSA) is 106 Å². The van der Waals surface area contributed by atoms with Crippen LogP contribution in [0.3, 0.4) is 0 Å². The highest BCUT2D eigenvalue weighted by atomic mass is 32.2. The molecule has 31 heavy (non-hydrogen) atoms. The first-order valence-corrected chi connectivity index (χ1v) is 10.7. The highest BCUT2D eigenvalue weighted by Crippen LogP contribution is 2.38. The van der Waals surface area contributed by atoms with E-state index in [2.05, 4.69) is 15.3 Å². The lowest BCUT2D eigenvalue weighted by Gasteiger charge is -2.03. The first kappa shape index (κ1) is 20.3. The van der Waals surface area contributed by atoms with Crippen LogP contribution in [0.15, 0.2) is 105 Å². The van der Waals surface area contributed by atoms with Gasteiger partial charge in [0, 0.05) is 0 Å². The molecule has 1 heterocycles. The zero-order chi connectivity index (χ0) is 21.8. The number of nitrogens with zero attached hydrogens (tertiary/aromatic N) is 4. The number of hydrogen-bond donors (Lipinski definition) is 1. The first-order valence-electron chi connectivity index (χ1n) is 9.24. The number of ether oxygens (including phenoxy) is 1. The summed E-state index contributed by atoms with van der Waals surface area (Å²) >= 11 is 0. The van der Waals surface area contributed by atoms with Gasteiger partial charge in [-0.05, 0) is 48.5 Å². The minimum absolute atomic E-state index is 0.0154. The van der Waals surface area contributed by atoms with Crippen molar-refractivity contribution in [2.75, 3.05) is 7.11 Å². The Morgan fingerprint density at radius 3 is 2.10 bits per heavy atom. The smallest absolute Gasteiger partial charge is 0.229 e. The molecular formula is C22H18N4O4S. The molecule has 1 aromatic heterocycles. The van der Waals surface area contributed by atoms with Gasteiger partial charge in [0.2, 0.25) is 26.4 Å². The van der Waals surface area contributed by atoms with Crippen molar-refractivity contribution in [3.63, 3.8) is 0 Å². The fraction of sp³-hybridized carbons (Fsp3) is 0.0455. The molecule has 0 saturated heterocycles. The van der Waals surface area contributed by atoms with Crippen molar-refractivity contribution in [1.29, 1.82) is 0 Å². The van der Waals surface area contributed by atoms with E-state index in [1.54, 1.807) is 73.8 Å². The maximum absolute atomic E-state index is 13.1. The van der Waals surface area contributed by atoms with Crippen molar-refractivity contribution < 1.29 is 18.3 Å². The lowest BCUT2D eigenvalue weighted by Crippen LogP contribution is -2.04. The van der Waals surface area contributed by atoms with Crippen molar-refractivity contribution in [2.24, 2.45) is 10.2 Å². The third-order valence-electron chi connectivity index (χ3n) is 4.45. The quantitative estimate of drug-likeness (QED) is 0.437. The van der Waals surface area contributed by atoms with E-state index in [9.17, 15) is 13.5 Å². The molecular weight excluding hydrogens is 416 g/mol. The molecule has 156 valence electrons. The third kappa shape index (κ3) is 4.03. The summed E-state index contributed by atoms with van der Waals surface area (Å²) in [7, 11) is -2.51. The predicted octanol–water partition coefficient (Wildman–Crippen LogP) is 4.83. The summed E-state index contributed by atoms with van der Waals surface area (Å²) in [6, 6.07) is 23.4. The summed E-state index contributed by atoms with van der Waals surface area (Å²) < 4.78 is 32.5. The van der Waals surface area contributed by atoms with Crippen molar-refractivity contribution in [3.05, 3.63) is 84.9 Å². The predicted molar refractivity (Wildman–Crippen MR) is 114 cm³/mol. The van der Waals surface area contributed by atoms with Crippen LogP contribution in [0.4, 0.5) is 11.5 Å². The maximum Gasteiger partial charge on any atom is 0.229 e. The zero-order valence-electron chi connectivity index (χ0n) is 16.5. The highest BCUT2D eigenvalue weighted by Gasteiger charge is 2.30. The molecule has 0 aliphatic carbocycles. The molecule has 9 heteroatoms. The molecule has 0 aliphatic rings. The number of benzene rings is 3. The molecule has 0 radical (unpaired) electrons. The molecule has 0 aliphatic heterocycles. The summed E-state index contributed by atoms with van der Waals surface area (Å²) in [6.07, 6.45) is 0. The van der Waals surface area contributed by atoms with Crippen LogP contribution < -0.4 is 4.74 Å². The van der Waals surface area contributed by atoms with Gasteiger partial charge in [0.05, 0.1) is 23.4 Å². The monoisotopic (exact) mass is 434 g/mol. The highest BCUT2D eigenvalue weighted by molar-refractivity contribution is 7.91. The average molecular weight is 434 g/mol. The lowest BCUT2D eigenvalue weighted by molar-refractivity contribution is 0.415. The Labute approximate surface area is 179 Å². The van der Waals surface area contributed by atoms with Crippen LogP contribution in [0.1, 0.15) is 0 Å². The number of methoxy groups -OCH3 is 1. The van der Waals surface area contributed by atoms with E-state index in [0.29, 0.717) is 17.1 Å². The number of sulfone groups is 1. The van der Waals surface area contributed by atoms with Gasteiger partial charge in [-0.25, -0.2) is 13.1 Å². The van der Waals surface area contributed by atoms with E-state index in [4.69, 9.17) is 4.74 Å². The fourth-order valence-electron chi connectivity index (χ4n) is 2.87. The summed E-state index contributed by atoms with van der Waals surface area (Å²) in [4.78, 5) is 0.0154. The molecule has 4 aromatic rings. The molecule has 1 N–H and O–H groups in total. The Bertz CT molecular complexity index is 1320. The minimum atomic E-state index is -4.07. The molecule has 0 spiro atoms. The van der Waals surface area contributed by atoms with Crippen LogP contribution in [0.2, 0.25) is 0 Å². The summed E-state index contributed by atoms with van der Waals surface area (Å²) in [6.45, 7) is 0. The number of aromatic hydroxyl groups is 1. The first-order chi connectivity index (χ1) is 15.0. The van der Waals surface area contributed by atoms with Gasteiger partial charge >= 0.3 is 0 Å². The molecule has 0 saturated carbocycles. The summed E-state index contributed by atoms with van der Waals surface area (Å²) in [5.74, 6) is -0.0196. The van der Waals surface area contributed by atoms with Crippen molar-refractivity contribution in [2.45, 2.75) is 9.92 Å². The van der Waals surface area contributed by atoms with E-state index in [-0.39, 0.29) is 10.7 Å². The molecule has 0 atom stereocenters. The van der Waals surface area contributed by atoms with Crippen molar-refractivity contribution in [1.82, 2.24) is 9.78 Å². The Morgan fingerprint density at radius 1 is 0.871 bits per heavy atom. The standard InChI is InChI=1S/C22H18N4O4S/c1-30-18-14-12-16(13-15-18)23-24-21-20(27)22(25-26(21)17-8-4-2-5-9-17)31(28,29)19-10-6-3-7-11-19/h2-15,27H,1H3. The fourth-order valence-corrected chi connectivity index (χ4v) is 4.14. The molecule has 3 aromatic carbocycles. The largest absolute Gasteiger partial charge is 0.502 e. The van der Waals surface area contributed by atoms with Crippen molar-refractivity contribution in [3.8, 4) is 17.2 Å². The van der Waals surface area contributed by atoms with Crippen LogP contribution >= 0.6 is 0 Å². The SMILES string of the molecule is COc1ccc(N=Nc2c(O)c(S(=O)(=O)c3ccccc3)nn2-c2ccccc2)cc1. The van der Waals surface area contributed by atoms with Gasteiger partial charge in [0.1, 0.15) is 5.75 Å². The van der Waals surface area contributed by atoms with Gasteiger partial charge in [-0.15, -0.1) is 15.3 Å². The van der Waals surface area contributed by atoms with Crippen LogP contribution in [0, 0.1) is 0 Å². The van der Waals surface area contributed by atoms with Gasteiger partial charge in [-0.2, -0.15) is 0 Å². The van der Waals surface area contributed by atoms with Crippen LogP contribution in [0.25, 0.3) is 5.69 Å². The summed E-state index contributed by atoms with van der Waals surface area (Å²) in [5, 5.41) is 22.7. The molecule has 0 bridgehead atoms. The second kappa shape index (κ2) is 8.41. The van der Waals surface area contributed by atoms with Gasteiger partial charge in [0.15, 0.2) is 0 Å². The minimum Gasteiger partial charge on any atom is -0.502 e. The van der Waals surface area contributed by atoms with Gasteiger partial charge in [-0.3, -0.25) is 0 Å². The van der Waals surface area contributed by atoms with E-state index in [0.717, 1.165) is 0 Å². The molecule has 0 amide bonds. The van der Waals surface area contributed by atoms with E-state index < -0.39 is 20.6 Å². The van der Waals surface area contributed by atoms with Crippen LogP contribution in [0.5, 0.6) is 11.5 Å². The molecule has 4 rings (SSSR count). The van der Waals surface area contributed by atoms with Gasteiger partial charge in [-0.1, -0.05) is 36.4 Å². The van der Waals surface area contributed by atoms with Gasteiger partial charge in [0.25, 0.3) is 0 Å². The average Bonchev–Trinajstić information content (AvgIpc) is 3.16. The van der Waals surface area contributed by atoms with Crippen molar-refractivity contribution >= 4 is 21.3 Å². The number of rotatable bonds is 6. The second-order valence-electron chi connectivity index (χ2n) is 6.44. The molecule has 0 fully saturated rings. The number of hydrogen-bond acceptors (Lipinski definition) is 7. The van der Waals surface area contributed by atoms with E-state index in [1.807, 2.05) is 6.07 Å². The van der Waals surface area contributed by atoms with Crippen LogP contribution in [-0.2, 0) is 9.84 Å². The Morgan fingerprint density at radius 2 is 1.48 bits per heavy atom. The molecule has 0 unspecified atom stereocenters. The second-order valence-corrected chi connectivity index (χ2v) is 8.30. The normalized spacial score (nSPS) is 11.6. The van der Waals surface area contributed by atoms with Crippen LogP contribution in [-0.4, -0.2) is 30.4 Å². The Hall–Kier alpha value is -3.98. The number of azo groups is 1. The Balaban J connectivity index is 1.84. The van der Waals surface area contributed by atoms with E-state index >= 15 is 0 Å². The van der Waals surface area contributed by atoms with E-state index in [1.165, 1.54) is 16.8 Å². The number of para-hydroxylation sites is 1. The maximum atomic E-state index is 13.1. The third-order valence-corrected chi connectivity index (χ3v) is 6.12. The lowest BCUT2D eigenvalue weighted by atomic mass is 10.3. The number of aromatic nitrogens is 2. The van der Waals surface area contributed by atoms with Gasteiger partial charge < -0.3 is 9.84 Å².